The van der Waals surface area contributed by atoms with Gasteiger partial charge in [0.25, 0.3) is 0 Å². The SMILES string of the molecule is CCCCCC(O)CCSC. The Hall–Kier alpha value is 0.310. The van der Waals surface area contributed by atoms with Crippen LogP contribution in [-0.4, -0.2) is 23.2 Å². The van der Waals surface area contributed by atoms with Crippen LogP contribution in [0, 0.1) is 0 Å². The zero-order chi connectivity index (χ0) is 8.53. The highest BCUT2D eigenvalue weighted by Crippen LogP contribution is 2.08. The first-order valence-electron chi connectivity index (χ1n) is 4.48. The van der Waals surface area contributed by atoms with Gasteiger partial charge in [-0.2, -0.15) is 11.8 Å². The maximum Gasteiger partial charge on any atom is 0.0548 e. The van der Waals surface area contributed by atoms with Gasteiger partial charge in [-0.05, 0) is 24.9 Å². The Kier molecular flexibility index (Phi) is 8.64. The van der Waals surface area contributed by atoms with Gasteiger partial charge in [0.1, 0.15) is 0 Å². The molecule has 0 rings (SSSR count). The fourth-order valence-corrected chi connectivity index (χ4v) is 1.54. The van der Waals surface area contributed by atoms with Crippen LogP contribution in [0.25, 0.3) is 0 Å². The number of thioether (sulfide) groups is 1. The second-order valence-electron chi connectivity index (χ2n) is 2.93. The molecule has 0 aromatic rings. The molecule has 1 nitrogen and oxygen atoms in total. The summed E-state index contributed by atoms with van der Waals surface area (Å²) in [7, 11) is 0. The van der Waals surface area contributed by atoms with Crippen LogP contribution in [0.1, 0.15) is 39.0 Å². The number of hydrogen-bond acceptors (Lipinski definition) is 2. The van der Waals surface area contributed by atoms with Crippen molar-refractivity contribution in [3.8, 4) is 0 Å². The van der Waals surface area contributed by atoms with Crippen molar-refractivity contribution in [1.82, 2.24) is 0 Å². The molecule has 0 bridgehead atoms. The largest absolute Gasteiger partial charge is 0.393 e. The number of aliphatic hydroxyl groups is 1. The quantitative estimate of drug-likeness (QED) is 0.602. The zero-order valence-electron chi connectivity index (χ0n) is 7.68. The van der Waals surface area contributed by atoms with Gasteiger partial charge in [-0.3, -0.25) is 0 Å². The Morgan fingerprint density at radius 2 is 2.00 bits per heavy atom. The van der Waals surface area contributed by atoms with E-state index in [-0.39, 0.29) is 6.10 Å². The van der Waals surface area contributed by atoms with E-state index in [9.17, 15) is 5.11 Å². The summed E-state index contributed by atoms with van der Waals surface area (Å²) >= 11 is 1.81. The van der Waals surface area contributed by atoms with E-state index in [1.54, 1.807) is 0 Å². The monoisotopic (exact) mass is 176 g/mol. The summed E-state index contributed by atoms with van der Waals surface area (Å²) in [5.74, 6) is 1.09. The van der Waals surface area contributed by atoms with E-state index in [1.807, 2.05) is 11.8 Å². The predicted molar refractivity (Wildman–Crippen MR) is 53.1 cm³/mol. The van der Waals surface area contributed by atoms with Crippen molar-refractivity contribution in [2.45, 2.75) is 45.1 Å². The summed E-state index contributed by atoms with van der Waals surface area (Å²) in [5.41, 5.74) is 0. The molecule has 0 saturated heterocycles. The van der Waals surface area contributed by atoms with Gasteiger partial charge in [0, 0.05) is 0 Å². The molecule has 0 aliphatic rings. The lowest BCUT2D eigenvalue weighted by molar-refractivity contribution is 0.158. The predicted octanol–water partition coefficient (Wildman–Crippen LogP) is 2.68. The smallest absolute Gasteiger partial charge is 0.0548 e. The summed E-state index contributed by atoms with van der Waals surface area (Å²) in [5, 5.41) is 9.39. The summed E-state index contributed by atoms with van der Waals surface area (Å²) in [6.07, 6.45) is 7.68. The normalized spacial score (nSPS) is 13.4. The lowest BCUT2D eigenvalue weighted by Crippen LogP contribution is -2.07. The average Bonchev–Trinajstić information content (AvgIpc) is 2.01. The Bertz CT molecular complexity index is 76.0. The first-order valence-corrected chi connectivity index (χ1v) is 5.87. The lowest BCUT2D eigenvalue weighted by atomic mass is 10.1. The molecule has 0 aliphatic carbocycles. The summed E-state index contributed by atoms with van der Waals surface area (Å²) in [6.45, 7) is 2.19. The molecule has 0 saturated carbocycles. The minimum absolute atomic E-state index is 0.0472. The molecule has 0 radical (unpaired) electrons. The third-order valence-electron chi connectivity index (χ3n) is 1.80. The molecule has 2 heteroatoms. The van der Waals surface area contributed by atoms with Gasteiger partial charge >= 0.3 is 0 Å². The minimum atomic E-state index is -0.0472. The van der Waals surface area contributed by atoms with E-state index < -0.39 is 0 Å². The van der Waals surface area contributed by atoms with Gasteiger partial charge in [-0.1, -0.05) is 26.2 Å². The van der Waals surface area contributed by atoms with Crippen LogP contribution in [0.4, 0.5) is 0 Å². The first-order chi connectivity index (χ1) is 5.31. The molecule has 0 aliphatic heterocycles. The Balaban J connectivity index is 3.02. The Morgan fingerprint density at radius 1 is 1.27 bits per heavy atom. The number of unbranched alkanes of at least 4 members (excludes halogenated alkanes) is 2. The van der Waals surface area contributed by atoms with Crippen LogP contribution in [0.2, 0.25) is 0 Å². The molecule has 68 valence electrons. The van der Waals surface area contributed by atoms with Crippen molar-refractivity contribution in [3.05, 3.63) is 0 Å². The highest BCUT2D eigenvalue weighted by Gasteiger charge is 2.01. The van der Waals surface area contributed by atoms with Gasteiger partial charge in [0.15, 0.2) is 0 Å². The van der Waals surface area contributed by atoms with Gasteiger partial charge < -0.3 is 5.11 Å². The van der Waals surface area contributed by atoms with E-state index in [4.69, 9.17) is 0 Å². The first kappa shape index (κ1) is 11.3. The van der Waals surface area contributed by atoms with Crippen molar-refractivity contribution in [1.29, 1.82) is 0 Å². The summed E-state index contributed by atoms with van der Waals surface area (Å²) < 4.78 is 0. The molecule has 1 unspecified atom stereocenters. The molecule has 0 heterocycles. The van der Waals surface area contributed by atoms with Crippen molar-refractivity contribution >= 4 is 11.8 Å². The maximum absolute atomic E-state index is 9.39. The third-order valence-corrected chi connectivity index (χ3v) is 2.44. The van der Waals surface area contributed by atoms with Crippen molar-refractivity contribution in [2.24, 2.45) is 0 Å². The molecule has 0 fully saturated rings. The van der Waals surface area contributed by atoms with E-state index in [1.165, 1.54) is 19.3 Å². The van der Waals surface area contributed by atoms with Crippen LogP contribution >= 0.6 is 11.8 Å². The van der Waals surface area contributed by atoms with E-state index in [0.29, 0.717) is 0 Å². The lowest BCUT2D eigenvalue weighted by Gasteiger charge is -2.08. The standard InChI is InChI=1S/C9H20OS/c1-3-4-5-6-9(10)7-8-11-2/h9-10H,3-8H2,1-2H3. The van der Waals surface area contributed by atoms with Gasteiger partial charge in [-0.15, -0.1) is 0 Å². The zero-order valence-corrected chi connectivity index (χ0v) is 8.49. The Morgan fingerprint density at radius 3 is 2.55 bits per heavy atom. The number of aliphatic hydroxyl groups excluding tert-OH is 1. The fraction of sp³-hybridized carbons (Fsp3) is 1.00. The highest BCUT2D eigenvalue weighted by atomic mass is 32.2. The Labute approximate surface area is 74.6 Å². The van der Waals surface area contributed by atoms with E-state index >= 15 is 0 Å². The van der Waals surface area contributed by atoms with Gasteiger partial charge in [0.2, 0.25) is 0 Å². The number of hydrogen-bond donors (Lipinski definition) is 1. The van der Waals surface area contributed by atoms with Crippen molar-refractivity contribution in [2.75, 3.05) is 12.0 Å². The van der Waals surface area contributed by atoms with Crippen LogP contribution in [0.5, 0.6) is 0 Å². The second kappa shape index (κ2) is 8.41. The molecule has 0 spiro atoms. The van der Waals surface area contributed by atoms with Crippen LogP contribution in [0.15, 0.2) is 0 Å². The summed E-state index contributed by atoms with van der Waals surface area (Å²) in [6, 6.07) is 0. The summed E-state index contributed by atoms with van der Waals surface area (Å²) in [4.78, 5) is 0. The molecular formula is C9H20OS. The van der Waals surface area contributed by atoms with Crippen LogP contribution in [0.3, 0.4) is 0 Å². The van der Waals surface area contributed by atoms with Crippen molar-refractivity contribution < 1.29 is 5.11 Å². The van der Waals surface area contributed by atoms with Crippen LogP contribution < -0.4 is 0 Å². The molecule has 1 atom stereocenters. The molecule has 1 N–H and O–H groups in total. The van der Waals surface area contributed by atoms with E-state index in [2.05, 4.69) is 13.2 Å². The number of rotatable bonds is 7. The third kappa shape index (κ3) is 8.21. The fourth-order valence-electron chi connectivity index (χ4n) is 1.03. The van der Waals surface area contributed by atoms with E-state index in [0.717, 1.165) is 18.6 Å². The molecule has 0 aromatic heterocycles. The molecular weight excluding hydrogens is 156 g/mol. The molecule has 0 aromatic carbocycles. The van der Waals surface area contributed by atoms with Crippen LogP contribution in [-0.2, 0) is 0 Å². The van der Waals surface area contributed by atoms with Crippen molar-refractivity contribution in [3.63, 3.8) is 0 Å². The topological polar surface area (TPSA) is 20.2 Å². The van der Waals surface area contributed by atoms with Gasteiger partial charge in [-0.25, -0.2) is 0 Å². The van der Waals surface area contributed by atoms with Gasteiger partial charge in [0.05, 0.1) is 6.10 Å². The second-order valence-corrected chi connectivity index (χ2v) is 3.92. The average molecular weight is 176 g/mol. The maximum atomic E-state index is 9.39. The molecule has 11 heavy (non-hydrogen) atoms. The minimum Gasteiger partial charge on any atom is -0.393 e. The molecule has 0 amide bonds. The highest BCUT2D eigenvalue weighted by molar-refractivity contribution is 7.98.